The van der Waals surface area contributed by atoms with Crippen molar-refractivity contribution in [1.82, 2.24) is 14.7 Å². The number of rotatable bonds is 3. The Morgan fingerprint density at radius 2 is 2.14 bits per heavy atom. The van der Waals surface area contributed by atoms with E-state index in [1.165, 1.54) is 19.3 Å². The smallest absolute Gasteiger partial charge is 0.270 e. The average molecular weight is 350 g/mol. The summed E-state index contributed by atoms with van der Waals surface area (Å²) in [5, 5.41) is 3.19. The van der Waals surface area contributed by atoms with E-state index in [0.717, 1.165) is 35.1 Å². The zero-order valence-electron chi connectivity index (χ0n) is 12.2. The first-order valence-corrected chi connectivity index (χ1v) is 8.45. The molecule has 1 amide bonds. The van der Waals surface area contributed by atoms with Gasteiger partial charge in [-0.15, -0.1) is 0 Å². The summed E-state index contributed by atoms with van der Waals surface area (Å²) in [5.41, 5.74) is 2.37. The lowest BCUT2D eigenvalue weighted by Gasteiger charge is -2.22. The van der Waals surface area contributed by atoms with Crippen molar-refractivity contribution in [2.24, 2.45) is 0 Å². The van der Waals surface area contributed by atoms with Crippen LogP contribution in [0.1, 0.15) is 55.2 Å². The number of hydrogen-bond donors (Lipinski definition) is 1. The average Bonchev–Trinajstić information content (AvgIpc) is 2.86. The number of nitrogens with one attached hydrogen (secondary N) is 1. The molecule has 0 aromatic carbocycles. The number of aromatic nitrogens is 2. The third-order valence-corrected chi connectivity index (χ3v) is 4.61. The van der Waals surface area contributed by atoms with Crippen LogP contribution in [0.4, 0.5) is 0 Å². The van der Waals surface area contributed by atoms with Gasteiger partial charge < -0.3 is 5.32 Å². The number of hydrogen-bond acceptors (Lipinski definition) is 2. The molecule has 1 saturated carbocycles. The highest BCUT2D eigenvalue weighted by Crippen LogP contribution is 2.20. The third-order valence-electron chi connectivity index (χ3n) is 4.14. The van der Waals surface area contributed by atoms with Crippen LogP contribution < -0.4 is 5.32 Å². The molecule has 0 saturated heterocycles. The van der Waals surface area contributed by atoms with Crippen LogP contribution in [0.2, 0.25) is 0 Å². The summed E-state index contributed by atoms with van der Waals surface area (Å²) in [6, 6.07) is 4.19. The number of nitrogens with zero attached hydrogens (tertiary/aromatic N) is 2. The van der Waals surface area contributed by atoms with Crippen molar-refractivity contribution < 1.29 is 4.79 Å². The minimum atomic E-state index is 0.00403. The molecule has 112 valence electrons. The van der Waals surface area contributed by atoms with Crippen LogP contribution in [0, 0.1) is 0 Å². The number of amides is 1. The highest BCUT2D eigenvalue weighted by atomic mass is 79.9. The number of carbonyl (C=O) groups is 1. The second-order valence-corrected chi connectivity index (χ2v) is 6.56. The van der Waals surface area contributed by atoms with Crippen LogP contribution in [0.3, 0.4) is 0 Å². The molecule has 0 atom stereocenters. The van der Waals surface area contributed by atoms with Gasteiger partial charge in [-0.25, -0.2) is 4.98 Å². The van der Waals surface area contributed by atoms with Crippen molar-refractivity contribution in [1.29, 1.82) is 0 Å². The highest BCUT2D eigenvalue weighted by molar-refractivity contribution is 9.10. The summed E-state index contributed by atoms with van der Waals surface area (Å²) in [4.78, 5) is 17.3. The topological polar surface area (TPSA) is 46.4 Å². The van der Waals surface area contributed by atoms with Crippen molar-refractivity contribution in [3.63, 3.8) is 0 Å². The molecule has 0 unspecified atom stereocenters. The second kappa shape index (κ2) is 6.18. The van der Waals surface area contributed by atoms with Gasteiger partial charge in [0.05, 0.1) is 5.69 Å². The van der Waals surface area contributed by atoms with Crippen molar-refractivity contribution in [2.75, 3.05) is 0 Å². The van der Waals surface area contributed by atoms with Gasteiger partial charge in [-0.2, -0.15) is 0 Å². The fourth-order valence-electron chi connectivity index (χ4n) is 3.06. The van der Waals surface area contributed by atoms with E-state index < -0.39 is 0 Å². The molecular weight excluding hydrogens is 330 g/mol. The molecule has 2 aromatic heterocycles. The molecule has 1 aliphatic carbocycles. The summed E-state index contributed by atoms with van der Waals surface area (Å²) in [6.07, 6.45) is 8.56. The maximum Gasteiger partial charge on any atom is 0.270 e. The lowest BCUT2D eigenvalue weighted by molar-refractivity contribution is 0.0920. The van der Waals surface area contributed by atoms with E-state index in [-0.39, 0.29) is 5.91 Å². The van der Waals surface area contributed by atoms with E-state index in [4.69, 9.17) is 0 Å². The second-order valence-electron chi connectivity index (χ2n) is 5.64. The minimum Gasteiger partial charge on any atom is -0.348 e. The Bertz CT molecular complexity index is 659. The zero-order valence-corrected chi connectivity index (χ0v) is 13.8. The normalized spacial score (nSPS) is 16.3. The van der Waals surface area contributed by atoms with Crippen molar-refractivity contribution in [2.45, 2.75) is 51.5 Å². The third kappa shape index (κ3) is 2.98. The molecule has 1 aliphatic rings. The molecule has 5 heteroatoms. The van der Waals surface area contributed by atoms with Crippen LogP contribution >= 0.6 is 15.9 Å². The summed E-state index contributed by atoms with van der Waals surface area (Å²) in [7, 11) is 0. The Morgan fingerprint density at radius 1 is 1.38 bits per heavy atom. The predicted molar refractivity (Wildman–Crippen MR) is 86.6 cm³/mol. The SMILES string of the molecule is CCc1nc2ccc(Br)cn2c1C(=O)NC1CCCCC1. The van der Waals surface area contributed by atoms with Gasteiger partial charge in [-0.1, -0.05) is 26.2 Å². The predicted octanol–water partition coefficient (Wildman–Crippen LogP) is 3.72. The Kier molecular flexibility index (Phi) is 4.29. The number of pyridine rings is 1. The first-order valence-electron chi connectivity index (χ1n) is 7.66. The van der Waals surface area contributed by atoms with Crippen LogP contribution in [0.5, 0.6) is 0 Å². The standard InChI is InChI=1S/C16H20BrN3O/c1-2-13-15(16(21)18-12-6-4-3-5-7-12)20-10-11(17)8-9-14(20)19-13/h8-10,12H,2-7H2,1H3,(H,18,21). The number of halogens is 1. The van der Waals surface area contributed by atoms with Gasteiger partial charge in [0.1, 0.15) is 11.3 Å². The summed E-state index contributed by atoms with van der Waals surface area (Å²) in [5.74, 6) is 0.00403. The van der Waals surface area contributed by atoms with Crippen molar-refractivity contribution in [3.05, 3.63) is 34.2 Å². The van der Waals surface area contributed by atoms with E-state index >= 15 is 0 Å². The lowest BCUT2D eigenvalue weighted by Crippen LogP contribution is -2.37. The highest BCUT2D eigenvalue weighted by Gasteiger charge is 2.22. The molecule has 0 aliphatic heterocycles. The van der Waals surface area contributed by atoms with Gasteiger partial charge in [-0.3, -0.25) is 9.20 Å². The summed E-state index contributed by atoms with van der Waals surface area (Å²) in [6.45, 7) is 2.04. The van der Waals surface area contributed by atoms with Gasteiger partial charge in [0.15, 0.2) is 0 Å². The Balaban J connectivity index is 1.93. The Hall–Kier alpha value is -1.36. The van der Waals surface area contributed by atoms with Gasteiger partial charge >= 0.3 is 0 Å². The van der Waals surface area contributed by atoms with Crippen LogP contribution in [-0.2, 0) is 6.42 Å². The molecule has 1 fully saturated rings. The fourth-order valence-corrected chi connectivity index (χ4v) is 3.39. The molecule has 0 radical (unpaired) electrons. The van der Waals surface area contributed by atoms with Crippen molar-refractivity contribution in [3.8, 4) is 0 Å². The summed E-state index contributed by atoms with van der Waals surface area (Å²) >= 11 is 3.47. The zero-order chi connectivity index (χ0) is 14.8. The van der Waals surface area contributed by atoms with E-state index in [2.05, 4.69) is 26.2 Å². The molecule has 0 bridgehead atoms. The van der Waals surface area contributed by atoms with E-state index in [0.29, 0.717) is 11.7 Å². The van der Waals surface area contributed by atoms with E-state index in [9.17, 15) is 4.79 Å². The molecule has 0 spiro atoms. The van der Waals surface area contributed by atoms with E-state index in [1.807, 2.05) is 29.7 Å². The number of fused-ring (bicyclic) bond motifs is 1. The molecular formula is C16H20BrN3O. The quantitative estimate of drug-likeness (QED) is 0.917. The molecule has 1 N–H and O–H groups in total. The maximum atomic E-state index is 12.7. The Labute approximate surface area is 133 Å². The number of carbonyl (C=O) groups excluding carboxylic acids is 1. The van der Waals surface area contributed by atoms with E-state index in [1.54, 1.807) is 0 Å². The monoisotopic (exact) mass is 349 g/mol. The first kappa shape index (κ1) is 14.6. The fraction of sp³-hybridized carbons (Fsp3) is 0.500. The summed E-state index contributed by atoms with van der Waals surface area (Å²) < 4.78 is 2.84. The van der Waals surface area contributed by atoms with Crippen LogP contribution in [0.25, 0.3) is 5.65 Å². The van der Waals surface area contributed by atoms with Crippen LogP contribution in [0.15, 0.2) is 22.8 Å². The van der Waals surface area contributed by atoms with Gasteiger partial charge in [-0.05, 0) is 47.3 Å². The van der Waals surface area contributed by atoms with Gasteiger partial charge in [0.2, 0.25) is 0 Å². The molecule has 2 aromatic rings. The molecule has 4 nitrogen and oxygen atoms in total. The van der Waals surface area contributed by atoms with Gasteiger partial charge in [0.25, 0.3) is 5.91 Å². The molecule has 2 heterocycles. The lowest BCUT2D eigenvalue weighted by atomic mass is 9.95. The molecule has 21 heavy (non-hydrogen) atoms. The largest absolute Gasteiger partial charge is 0.348 e. The molecule has 3 rings (SSSR count). The first-order chi connectivity index (χ1) is 10.2. The van der Waals surface area contributed by atoms with Crippen LogP contribution in [-0.4, -0.2) is 21.3 Å². The van der Waals surface area contributed by atoms with Gasteiger partial charge in [0, 0.05) is 16.7 Å². The number of aryl methyl sites for hydroxylation is 1. The minimum absolute atomic E-state index is 0.00403. The maximum absolute atomic E-state index is 12.7. The Morgan fingerprint density at radius 3 is 2.86 bits per heavy atom. The number of imidazole rings is 1. The van der Waals surface area contributed by atoms with Crippen molar-refractivity contribution >= 4 is 27.5 Å².